The summed E-state index contributed by atoms with van der Waals surface area (Å²) in [5.74, 6) is 0.268. The van der Waals surface area contributed by atoms with Gasteiger partial charge in [-0.3, -0.25) is 9.59 Å². The highest BCUT2D eigenvalue weighted by Gasteiger charge is 2.26. The fourth-order valence-electron chi connectivity index (χ4n) is 2.75. The Hall–Kier alpha value is -2.34. The van der Waals surface area contributed by atoms with Crippen molar-refractivity contribution in [1.29, 1.82) is 0 Å². The third-order valence-corrected chi connectivity index (χ3v) is 4.90. The van der Waals surface area contributed by atoms with Gasteiger partial charge in [-0.15, -0.1) is 0 Å². The number of nitrogens with zero attached hydrogens (tertiary/aromatic N) is 1. The van der Waals surface area contributed by atoms with Crippen LogP contribution in [0.3, 0.4) is 0 Å². The maximum absolute atomic E-state index is 12.9. The van der Waals surface area contributed by atoms with Crippen molar-refractivity contribution in [2.75, 3.05) is 13.2 Å². The monoisotopic (exact) mass is 446 g/mol. The van der Waals surface area contributed by atoms with Gasteiger partial charge in [-0.2, -0.15) is 0 Å². The molecule has 0 saturated heterocycles. The summed E-state index contributed by atoms with van der Waals surface area (Å²) in [4.78, 5) is 27.0. The predicted octanol–water partition coefficient (Wildman–Crippen LogP) is 4.08. The number of hydrogen-bond donors (Lipinski definition) is 1. The molecule has 2 aromatic rings. The minimum Gasteiger partial charge on any atom is -0.484 e. The predicted molar refractivity (Wildman–Crippen MR) is 114 cm³/mol. The number of aryl methyl sites for hydroxylation is 1. The molecule has 6 heteroatoms. The molecule has 0 saturated carbocycles. The lowest BCUT2D eigenvalue weighted by Crippen LogP contribution is -2.49. The Kier molecular flexibility index (Phi) is 8.51. The molecule has 0 aliphatic heterocycles. The summed E-state index contributed by atoms with van der Waals surface area (Å²) in [7, 11) is 0. The number of amides is 2. The average Bonchev–Trinajstić information content (AvgIpc) is 2.69. The van der Waals surface area contributed by atoms with Crippen LogP contribution in [0.2, 0.25) is 0 Å². The maximum Gasteiger partial charge on any atom is 0.261 e. The molecular weight excluding hydrogens is 420 g/mol. The van der Waals surface area contributed by atoms with E-state index in [1.807, 2.05) is 62.4 Å². The first-order valence-corrected chi connectivity index (χ1v) is 10.2. The number of carbonyl (C=O) groups excluding carboxylic acids is 2. The molecular formula is C22H27BrN2O3. The van der Waals surface area contributed by atoms with Crippen LogP contribution in [0, 0.1) is 6.92 Å². The number of benzene rings is 2. The van der Waals surface area contributed by atoms with Gasteiger partial charge in [0.05, 0.1) is 0 Å². The van der Waals surface area contributed by atoms with E-state index in [0.29, 0.717) is 18.8 Å². The van der Waals surface area contributed by atoms with Gasteiger partial charge < -0.3 is 15.0 Å². The Morgan fingerprint density at radius 1 is 1.18 bits per heavy atom. The van der Waals surface area contributed by atoms with Gasteiger partial charge in [0.2, 0.25) is 5.91 Å². The zero-order valence-corrected chi connectivity index (χ0v) is 18.2. The number of hydrogen-bond acceptors (Lipinski definition) is 3. The maximum atomic E-state index is 12.9. The Labute approximate surface area is 175 Å². The number of rotatable bonds is 9. The molecule has 0 aromatic heterocycles. The van der Waals surface area contributed by atoms with Crippen LogP contribution in [0.1, 0.15) is 31.4 Å². The van der Waals surface area contributed by atoms with Gasteiger partial charge >= 0.3 is 0 Å². The Morgan fingerprint density at radius 2 is 1.93 bits per heavy atom. The molecule has 1 atom stereocenters. The molecule has 0 radical (unpaired) electrons. The SMILES string of the molecule is CCCNC(=O)[C@H](C)N(Cc1cccc(Br)c1)C(=O)COc1ccccc1C. The van der Waals surface area contributed by atoms with Crippen LogP contribution in [0.5, 0.6) is 5.75 Å². The van der Waals surface area contributed by atoms with Crippen molar-refractivity contribution in [3.63, 3.8) is 0 Å². The van der Waals surface area contributed by atoms with E-state index >= 15 is 0 Å². The topological polar surface area (TPSA) is 58.6 Å². The lowest BCUT2D eigenvalue weighted by Gasteiger charge is -2.29. The van der Waals surface area contributed by atoms with Gasteiger partial charge in [0, 0.05) is 17.6 Å². The summed E-state index contributed by atoms with van der Waals surface area (Å²) in [6.07, 6.45) is 0.842. The van der Waals surface area contributed by atoms with E-state index in [2.05, 4.69) is 21.2 Å². The molecule has 150 valence electrons. The third kappa shape index (κ3) is 6.37. The summed E-state index contributed by atoms with van der Waals surface area (Å²) < 4.78 is 6.65. The number of ether oxygens (including phenoxy) is 1. The first kappa shape index (κ1) is 22.0. The van der Waals surface area contributed by atoms with Crippen molar-refractivity contribution in [2.24, 2.45) is 0 Å². The largest absolute Gasteiger partial charge is 0.484 e. The van der Waals surface area contributed by atoms with Crippen molar-refractivity contribution in [1.82, 2.24) is 10.2 Å². The molecule has 1 N–H and O–H groups in total. The average molecular weight is 447 g/mol. The van der Waals surface area contributed by atoms with Gasteiger partial charge in [-0.25, -0.2) is 0 Å². The lowest BCUT2D eigenvalue weighted by atomic mass is 10.1. The Morgan fingerprint density at radius 3 is 2.61 bits per heavy atom. The van der Waals surface area contributed by atoms with E-state index in [1.165, 1.54) is 0 Å². The highest BCUT2D eigenvalue weighted by atomic mass is 79.9. The van der Waals surface area contributed by atoms with Gasteiger partial charge in [-0.05, 0) is 49.6 Å². The highest BCUT2D eigenvalue weighted by molar-refractivity contribution is 9.10. The number of para-hydroxylation sites is 1. The van der Waals surface area contributed by atoms with Gasteiger partial charge in [0.25, 0.3) is 5.91 Å². The molecule has 0 spiro atoms. The van der Waals surface area contributed by atoms with E-state index in [0.717, 1.165) is 22.0 Å². The first-order valence-electron chi connectivity index (χ1n) is 9.42. The lowest BCUT2D eigenvalue weighted by molar-refractivity contribution is -0.142. The normalized spacial score (nSPS) is 11.6. The van der Waals surface area contributed by atoms with E-state index in [-0.39, 0.29) is 18.4 Å². The fraction of sp³-hybridized carbons (Fsp3) is 0.364. The summed E-state index contributed by atoms with van der Waals surface area (Å²) in [5.41, 5.74) is 1.90. The molecule has 0 fully saturated rings. The summed E-state index contributed by atoms with van der Waals surface area (Å²) in [6.45, 7) is 6.46. The second-order valence-electron chi connectivity index (χ2n) is 6.67. The Bertz CT molecular complexity index is 810. The first-order chi connectivity index (χ1) is 13.4. The van der Waals surface area contributed by atoms with Crippen LogP contribution >= 0.6 is 15.9 Å². The fourth-order valence-corrected chi connectivity index (χ4v) is 3.20. The van der Waals surface area contributed by atoms with Gasteiger partial charge in [-0.1, -0.05) is 53.2 Å². The number of carbonyl (C=O) groups is 2. The van der Waals surface area contributed by atoms with Crippen LogP contribution in [0.15, 0.2) is 53.0 Å². The highest BCUT2D eigenvalue weighted by Crippen LogP contribution is 2.18. The third-order valence-electron chi connectivity index (χ3n) is 4.40. The zero-order chi connectivity index (χ0) is 20.5. The summed E-state index contributed by atoms with van der Waals surface area (Å²) in [6, 6.07) is 14.7. The summed E-state index contributed by atoms with van der Waals surface area (Å²) in [5, 5.41) is 2.86. The quantitative estimate of drug-likeness (QED) is 0.630. The smallest absolute Gasteiger partial charge is 0.261 e. The molecule has 2 amide bonds. The van der Waals surface area contributed by atoms with Crippen molar-refractivity contribution < 1.29 is 14.3 Å². The molecule has 28 heavy (non-hydrogen) atoms. The molecule has 0 bridgehead atoms. The van der Waals surface area contributed by atoms with Crippen molar-refractivity contribution in [2.45, 2.75) is 39.8 Å². The molecule has 0 aliphatic carbocycles. The molecule has 2 rings (SSSR count). The van der Waals surface area contributed by atoms with Crippen LogP contribution in [0.4, 0.5) is 0 Å². The standard InChI is InChI=1S/C22H27BrN2O3/c1-4-12-24-22(27)17(3)25(14-18-9-7-10-19(23)13-18)21(26)15-28-20-11-6-5-8-16(20)2/h5-11,13,17H,4,12,14-15H2,1-3H3,(H,24,27)/t17-/m0/s1. The molecule has 0 unspecified atom stereocenters. The van der Waals surface area contributed by atoms with Crippen LogP contribution in [-0.2, 0) is 16.1 Å². The van der Waals surface area contributed by atoms with Crippen LogP contribution in [-0.4, -0.2) is 35.9 Å². The van der Waals surface area contributed by atoms with Crippen molar-refractivity contribution in [3.05, 3.63) is 64.1 Å². The van der Waals surface area contributed by atoms with Gasteiger partial charge in [0.15, 0.2) is 6.61 Å². The Balaban J connectivity index is 2.14. The zero-order valence-electron chi connectivity index (χ0n) is 16.6. The minimum atomic E-state index is -0.599. The van der Waals surface area contributed by atoms with Crippen LogP contribution in [0.25, 0.3) is 0 Å². The molecule has 0 heterocycles. The molecule has 5 nitrogen and oxygen atoms in total. The summed E-state index contributed by atoms with van der Waals surface area (Å²) >= 11 is 3.45. The van der Waals surface area contributed by atoms with E-state index in [9.17, 15) is 9.59 Å². The second kappa shape index (κ2) is 10.9. The van der Waals surface area contributed by atoms with E-state index in [1.54, 1.807) is 11.8 Å². The molecule has 2 aromatic carbocycles. The minimum absolute atomic E-state index is 0.121. The molecule has 0 aliphatic rings. The number of halogens is 1. The van der Waals surface area contributed by atoms with Crippen molar-refractivity contribution >= 4 is 27.7 Å². The van der Waals surface area contributed by atoms with Gasteiger partial charge in [0.1, 0.15) is 11.8 Å². The number of nitrogens with one attached hydrogen (secondary N) is 1. The van der Waals surface area contributed by atoms with E-state index in [4.69, 9.17) is 4.74 Å². The van der Waals surface area contributed by atoms with Crippen LogP contribution < -0.4 is 10.1 Å². The van der Waals surface area contributed by atoms with E-state index < -0.39 is 6.04 Å². The van der Waals surface area contributed by atoms with Crippen molar-refractivity contribution in [3.8, 4) is 5.75 Å². The second-order valence-corrected chi connectivity index (χ2v) is 7.59.